The van der Waals surface area contributed by atoms with Gasteiger partial charge in [-0.25, -0.2) is 0 Å². The molecule has 2 aromatic carbocycles. The molecule has 2 rings (SSSR count). The molecule has 0 unspecified atom stereocenters. The Morgan fingerprint density at radius 2 is 1.69 bits per heavy atom. The van der Waals surface area contributed by atoms with E-state index in [1.54, 1.807) is 19.1 Å². The quantitative estimate of drug-likeness (QED) is 0.249. The van der Waals surface area contributed by atoms with Crippen molar-refractivity contribution in [2.45, 2.75) is 19.8 Å². The fourth-order valence-electron chi connectivity index (χ4n) is 2.41. The van der Waals surface area contributed by atoms with E-state index in [0.717, 1.165) is 5.69 Å². The van der Waals surface area contributed by atoms with Gasteiger partial charge in [0.2, 0.25) is 0 Å². The highest BCUT2D eigenvalue weighted by Crippen LogP contribution is 2.23. The molecule has 9 heteroatoms. The van der Waals surface area contributed by atoms with Crippen molar-refractivity contribution < 1.29 is 14.5 Å². The first-order valence-corrected chi connectivity index (χ1v) is 9.07. The molecule has 29 heavy (non-hydrogen) atoms. The molecule has 0 aliphatic rings. The largest absolute Gasteiger partial charge is 0.464 e. The summed E-state index contributed by atoms with van der Waals surface area (Å²) in [7, 11) is 0. The van der Waals surface area contributed by atoms with E-state index in [4.69, 9.17) is 10.00 Å². The lowest BCUT2D eigenvalue weighted by Gasteiger charge is -2.23. The normalized spacial score (nSPS) is 10.5. The molecule has 0 saturated carbocycles. The minimum atomic E-state index is -0.471. The summed E-state index contributed by atoms with van der Waals surface area (Å²) in [6, 6.07) is 15.2. The van der Waals surface area contributed by atoms with E-state index >= 15 is 0 Å². The minimum Gasteiger partial charge on any atom is -0.464 e. The smallest absolute Gasteiger partial charge is 0.305 e. The molecule has 0 aliphatic heterocycles. The molecule has 0 aliphatic carbocycles. The average molecular weight is 395 g/mol. The second-order valence-electron chi connectivity index (χ2n) is 5.96. The molecule has 150 valence electrons. The van der Waals surface area contributed by atoms with Crippen molar-refractivity contribution >= 4 is 28.7 Å². The molecule has 2 aromatic rings. The molecular formula is C20H21N5O4. The van der Waals surface area contributed by atoms with Crippen LogP contribution < -0.4 is 4.90 Å². The van der Waals surface area contributed by atoms with Crippen LogP contribution in [0.4, 0.5) is 22.7 Å². The molecule has 0 atom stereocenters. The minimum absolute atomic E-state index is 0.00428. The third-order valence-corrected chi connectivity index (χ3v) is 3.96. The Bertz CT molecular complexity index is 889. The average Bonchev–Trinajstić information content (AvgIpc) is 2.75. The van der Waals surface area contributed by atoms with Gasteiger partial charge in [-0.2, -0.15) is 15.5 Å². The number of esters is 1. The SMILES string of the molecule is CCC(=O)OCCN(CCC#N)c1ccc(N=Nc2ccc([N+](=O)[O-])cc2)cc1. The predicted molar refractivity (Wildman–Crippen MR) is 107 cm³/mol. The maximum Gasteiger partial charge on any atom is 0.305 e. The maximum atomic E-state index is 11.3. The summed E-state index contributed by atoms with van der Waals surface area (Å²) in [5.74, 6) is -0.257. The van der Waals surface area contributed by atoms with Crippen LogP contribution in [0.1, 0.15) is 19.8 Å². The van der Waals surface area contributed by atoms with Crippen molar-refractivity contribution in [2.75, 3.05) is 24.6 Å². The van der Waals surface area contributed by atoms with Gasteiger partial charge in [0.1, 0.15) is 6.61 Å². The van der Waals surface area contributed by atoms with Crippen LogP contribution in [0.25, 0.3) is 0 Å². The number of nitro benzene ring substituents is 1. The van der Waals surface area contributed by atoms with Crippen LogP contribution in [0, 0.1) is 21.4 Å². The maximum absolute atomic E-state index is 11.3. The van der Waals surface area contributed by atoms with Crippen molar-refractivity contribution in [1.29, 1.82) is 5.26 Å². The molecule has 0 saturated heterocycles. The molecule has 0 amide bonds. The number of ether oxygens (including phenoxy) is 1. The monoisotopic (exact) mass is 395 g/mol. The van der Waals surface area contributed by atoms with Gasteiger partial charge in [-0.3, -0.25) is 14.9 Å². The number of nitriles is 1. The van der Waals surface area contributed by atoms with Crippen LogP contribution in [0.3, 0.4) is 0 Å². The topological polar surface area (TPSA) is 121 Å². The summed E-state index contributed by atoms with van der Waals surface area (Å²) in [6.07, 6.45) is 0.677. The van der Waals surface area contributed by atoms with E-state index in [9.17, 15) is 14.9 Å². The van der Waals surface area contributed by atoms with Crippen molar-refractivity contribution in [3.05, 3.63) is 58.6 Å². The number of anilines is 1. The van der Waals surface area contributed by atoms with Gasteiger partial charge in [-0.05, 0) is 36.4 Å². The van der Waals surface area contributed by atoms with Crippen molar-refractivity contribution in [2.24, 2.45) is 10.2 Å². The van der Waals surface area contributed by atoms with E-state index in [2.05, 4.69) is 16.3 Å². The zero-order valence-corrected chi connectivity index (χ0v) is 16.0. The first-order valence-electron chi connectivity index (χ1n) is 9.07. The number of hydrogen-bond acceptors (Lipinski definition) is 8. The van der Waals surface area contributed by atoms with Crippen molar-refractivity contribution in [3.63, 3.8) is 0 Å². The lowest BCUT2D eigenvalue weighted by Crippen LogP contribution is -2.29. The van der Waals surface area contributed by atoms with Gasteiger partial charge in [0.15, 0.2) is 0 Å². The summed E-state index contributed by atoms with van der Waals surface area (Å²) < 4.78 is 5.12. The van der Waals surface area contributed by atoms with Gasteiger partial charge in [0.05, 0.1) is 35.3 Å². The Morgan fingerprint density at radius 1 is 1.10 bits per heavy atom. The van der Waals surface area contributed by atoms with Gasteiger partial charge in [-0.1, -0.05) is 6.92 Å². The highest BCUT2D eigenvalue weighted by atomic mass is 16.6. The summed E-state index contributed by atoms with van der Waals surface area (Å²) in [4.78, 5) is 23.4. The number of nitro groups is 1. The molecule has 0 N–H and O–H groups in total. The van der Waals surface area contributed by atoms with Crippen LogP contribution in [-0.4, -0.2) is 30.6 Å². The van der Waals surface area contributed by atoms with E-state index in [1.165, 1.54) is 24.3 Å². The number of rotatable bonds is 10. The lowest BCUT2D eigenvalue weighted by molar-refractivity contribution is -0.384. The number of azo groups is 1. The zero-order valence-electron chi connectivity index (χ0n) is 16.0. The Kier molecular flexibility index (Phi) is 8.26. The number of benzene rings is 2. The third-order valence-electron chi connectivity index (χ3n) is 3.96. The van der Waals surface area contributed by atoms with Crippen LogP contribution in [-0.2, 0) is 9.53 Å². The van der Waals surface area contributed by atoms with Crippen molar-refractivity contribution in [3.8, 4) is 6.07 Å². The molecule has 0 aromatic heterocycles. The lowest BCUT2D eigenvalue weighted by atomic mass is 10.2. The highest BCUT2D eigenvalue weighted by molar-refractivity contribution is 5.68. The molecule has 0 fully saturated rings. The molecular weight excluding hydrogens is 374 g/mol. The summed E-state index contributed by atoms with van der Waals surface area (Å²) in [6.45, 7) is 2.99. The van der Waals surface area contributed by atoms with Crippen molar-refractivity contribution in [1.82, 2.24) is 0 Å². The Labute approximate surface area is 168 Å². The molecule has 0 heterocycles. The molecule has 9 nitrogen and oxygen atoms in total. The summed E-state index contributed by atoms with van der Waals surface area (Å²) in [5, 5.41) is 27.7. The van der Waals surface area contributed by atoms with E-state index in [-0.39, 0.29) is 18.3 Å². The highest BCUT2D eigenvalue weighted by Gasteiger charge is 2.08. The zero-order chi connectivity index (χ0) is 21.1. The first-order chi connectivity index (χ1) is 14.0. The van der Waals surface area contributed by atoms with Gasteiger partial charge >= 0.3 is 5.97 Å². The van der Waals surface area contributed by atoms with E-state index in [1.807, 2.05) is 17.0 Å². The number of carbonyl (C=O) groups excluding carboxylic acids is 1. The van der Waals surface area contributed by atoms with Crippen LogP contribution in [0.2, 0.25) is 0 Å². The fraction of sp³-hybridized carbons (Fsp3) is 0.300. The van der Waals surface area contributed by atoms with Crippen LogP contribution in [0.5, 0.6) is 0 Å². The van der Waals surface area contributed by atoms with Crippen LogP contribution >= 0.6 is 0 Å². The second kappa shape index (κ2) is 11.1. The standard InChI is InChI=1S/C20H21N5O4/c1-2-20(26)29-15-14-24(13-3-12-21)18-8-4-16(5-9-18)22-23-17-6-10-19(11-7-17)25(27)28/h4-11H,2-3,13-15H2,1H3. The third kappa shape index (κ3) is 7.03. The second-order valence-corrected chi connectivity index (χ2v) is 5.96. The number of non-ortho nitro benzene ring substituents is 1. The number of hydrogen-bond donors (Lipinski definition) is 0. The molecule has 0 radical (unpaired) electrons. The Morgan fingerprint density at radius 3 is 2.21 bits per heavy atom. The van der Waals surface area contributed by atoms with E-state index < -0.39 is 4.92 Å². The number of carbonyl (C=O) groups is 1. The summed E-state index contributed by atoms with van der Waals surface area (Å²) in [5.41, 5.74) is 2.00. The summed E-state index contributed by atoms with van der Waals surface area (Å²) >= 11 is 0. The predicted octanol–water partition coefficient (Wildman–Crippen LogP) is 4.68. The fourth-order valence-corrected chi connectivity index (χ4v) is 2.41. The van der Waals surface area contributed by atoms with E-state index in [0.29, 0.717) is 37.3 Å². The number of nitrogens with zero attached hydrogens (tertiary/aromatic N) is 5. The molecule has 0 spiro atoms. The molecule has 0 bridgehead atoms. The first kappa shape index (κ1) is 21.5. The Balaban J connectivity index is 2.02. The Hall–Kier alpha value is -3.80. The van der Waals surface area contributed by atoms with Crippen LogP contribution in [0.15, 0.2) is 58.8 Å². The van der Waals surface area contributed by atoms with Gasteiger partial charge in [-0.15, -0.1) is 0 Å². The van der Waals surface area contributed by atoms with Gasteiger partial charge in [0, 0.05) is 30.8 Å². The van der Waals surface area contributed by atoms with Gasteiger partial charge < -0.3 is 9.64 Å². The van der Waals surface area contributed by atoms with Gasteiger partial charge in [0.25, 0.3) is 5.69 Å².